The quantitative estimate of drug-likeness (QED) is 0.666. The van der Waals surface area contributed by atoms with Crippen LogP contribution in [0.4, 0.5) is 16.2 Å². The summed E-state index contributed by atoms with van der Waals surface area (Å²) in [6, 6.07) is 5.68. The van der Waals surface area contributed by atoms with Gasteiger partial charge >= 0.3 is 6.09 Å². The second kappa shape index (κ2) is 3.97. The Morgan fingerprint density at radius 1 is 1.44 bits per heavy atom. The van der Waals surface area contributed by atoms with Crippen molar-refractivity contribution in [2.45, 2.75) is 6.04 Å². The van der Waals surface area contributed by atoms with Crippen LogP contribution in [0.15, 0.2) is 18.2 Å². The molecule has 2 heterocycles. The number of nitrogens with zero attached hydrogens (tertiary/aromatic N) is 2. The van der Waals surface area contributed by atoms with Gasteiger partial charge in [0.15, 0.2) is 0 Å². The second-order valence-corrected chi connectivity index (χ2v) is 4.61. The number of hydrogen-bond donors (Lipinski definition) is 2. The van der Waals surface area contributed by atoms with Gasteiger partial charge in [-0.2, -0.15) is 0 Å². The van der Waals surface area contributed by atoms with E-state index in [-0.39, 0.29) is 6.04 Å². The minimum Gasteiger partial charge on any atom is -0.489 e. The van der Waals surface area contributed by atoms with Crippen LogP contribution >= 0.6 is 0 Å². The van der Waals surface area contributed by atoms with Crippen molar-refractivity contribution in [1.29, 1.82) is 0 Å². The molecule has 1 saturated heterocycles. The monoisotopic (exact) mass is 249 g/mol. The number of ether oxygens (including phenoxy) is 1. The van der Waals surface area contributed by atoms with E-state index in [4.69, 9.17) is 15.6 Å². The Labute approximate surface area is 105 Å². The Morgan fingerprint density at radius 2 is 2.28 bits per heavy atom. The fourth-order valence-electron chi connectivity index (χ4n) is 2.56. The highest BCUT2D eigenvalue weighted by atomic mass is 16.5. The third-order valence-electron chi connectivity index (χ3n) is 3.48. The fraction of sp³-hybridized carbons (Fsp3) is 0.417. The molecule has 1 aromatic carbocycles. The summed E-state index contributed by atoms with van der Waals surface area (Å²) >= 11 is 0. The highest BCUT2D eigenvalue weighted by Crippen LogP contribution is 2.36. The predicted octanol–water partition coefficient (Wildman–Crippen LogP) is 0.830. The lowest BCUT2D eigenvalue weighted by Gasteiger charge is -2.44. The number of anilines is 2. The predicted molar refractivity (Wildman–Crippen MR) is 67.1 cm³/mol. The summed E-state index contributed by atoms with van der Waals surface area (Å²) in [5.74, 6) is 0.787. The molecule has 2 aliphatic heterocycles. The van der Waals surface area contributed by atoms with Crippen molar-refractivity contribution in [1.82, 2.24) is 4.90 Å². The zero-order valence-electron chi connectivity index (χ0n) is 9.87. The largest absolute Gasteiger partial charge is 0.489 e. The minimum absolute atomic E-state index is 0.0889. The van der Waals surface area contributed by atoms with Crippen molar-refractivity contribution in [2.75, 3.05) is 36.9 Å². The molecule has 18 heavy (non-hydrogen) atoms. The molecule has 1 amide bonds. The van der Waals surface area contributed by atoms with E-state index in [0.29, 0.717) is 31.9 Å². The van der Waals surface area contributed by atoms with E-state index in [1.807, 2.05) is 18.2 Å². The molecule has 3 rings (SSSR count). The first-order valence-electron chi connectivity index (χ1n) is 5.92. The number of carbonyl (C=O) groups is 1. The number of benzene rings is 1. The molecule has 3 N–H and O–H groups in total. The van der Waals surface area contributed by atoms with Gasteiger partial charge in [0.25, 0.3) is 0 Å². The van der Waals surface area contributed by atoms with Crippen LogP contribution in [0.5, 0.6) is 5.75 Å². The number of amides is 1. The van der Waals surface area contributed by atoms with Gasteiger partial charge in [0, 0.05) is 31.4 Å². The molecular weight excluding hydrogens is 234 g/mol. The smallest absolute Gasteiger partial charge is 0.407 e. The summed E-state index contributed by atoms with van der Waals surface area (Å²) in [7, 11) is 0. The first kappa shape index (κ1) is 11.0. The molecule has 0 radical (unpaired) electrons. The van der Waals surface area contributed by atoms with Gasteiger partial charge in [-0.3, -0.25) is 0 Å². The Hall–Kier alpha value is -2.11. The number of nitrogen functional groups attached to an aromatic ring is 1. The van der Waals surface area contributed by atoms with Crippen LogP contribution in [0, 0.1) is 0 Å². The zero-order valence-corrected chi connectivity index (χ0v) is 9.87. The highest BCUT2D eigenvalue weighted by molar-refractivity contribution is 5.68. The van der Waals surface area contributed by atoms with E-state index in [2.05, 4.69) is 4.90 Å². The topological polar surface area (TPSA) is 79.0 Å². The average molecular weight is 249 g/mol. The summed E-state index contributed by atoms with van der Waals surface area (Å²) in [6.45, 7) is 2.20. The van der Waals surface area contributed by atoms with Crippen LogP contribution in [-0.2, 0) is 0 Å². The van der Waals surface area contributed by atoms with Crippen molar-refractivity contribution >= 4 is 17.5 Å². The summed E-state index contributed by atoms with van der Waals surface area (Å²) in [6.07, 6.45) is -0.863. The first-order valence-corrected chi connectivity index (χ1v) is 5.92. The van der Waals surface area contributed by atoms with Gasteiger partial charge in [-0.15, -0.1) is 0 Å². The van der Waals surface area contributed by atoms with Crippen LogP contribution < -0.4 is 15.4 Å². The molecule has 1 atom stereocenters. The third-order valence-corrected chi connectivity index (χ3v) is 3.48. The van der Waals surface area contributed by atoms with Crippen LogP contribution in [0.3, 0.4) is 0 Å². The number of nitrogens with two attached hydrogens (primary N) is 1. The van der Waals surface area contributed by atoms with Gasteiger partial charge in [-0.05, 0) is 12.1 Å². The van der Waals surface area contributed by atoms with Crippen LogP contribution in [0.25, 0.3) is 0 Å². The SMILES string of the molecule is Nc1ccc2c(c1)OCC1CN(C(=O)O)CCN21. The van der Waals surface area contributed by atoms with Crippen LogP contribution in [0.2, 0.25) is 0 Å². The maximum absolute atomic E-state index is 11.0. The highest BCUT2D eigenvalue weighted by Gasteiger charge is 2.34. The average Bonchev–Trinajstić information content (AvgIpc) is 2.37. The minimum atomic E-state index is -0.863. The van der Waals surface area contributed by atoms with E-state index in [0.717, 1.165) is 11.4 Å². The van der Waals surface area contributed by atoms with Gasteiger partial charge in [0.1, 0.15) is 12.4 Å². The molecule has 2 aliphatic rings. The number of hydrogen-bond acceptors (Lipinski definition) is 4. The fourth-order valence-corrected chi connectivity index (χ4v) is 2.56. The lowest BCUT2D eigenvalue weighted by Crippen LogP contribution is -2.58. The molecule has 1 aromatic rings. The van der Waals surface area contributed by atoms with Gasteiger partial charge < -0.3 is 25.4 Å². The molecule has 96 valence electrons. The maximum Gasteiger partial charge on any atom is 0.407 e. The number of rotatable bonds is 0. The number of piperazine rings is 1. The number of fused-ring (bicyclic) bond motifs is 3. The Kier molecular flexibility index (Phi) is 2.43. The van der Waals surface area contributed by atoms with Gasteiger partial charge in [-0.25, -0.2) is 4.79 Å². The van der Waals surface area contributed by atoms with Crippen molar-refractivity contribution in [3.8, 4) is 5.75 Å². The van der Waals surface area contributed by atoms with E-state index < -0.39 is 6.09 Å². The maximum atomic E-state index is 11.0. The van der Waals surface area contributed by atoms with Crippen molar-refractivity contribution in [3.05, 3.63) is 18.2 Å². The molecule has 0 spiro atoms. The summed E-state index contributed by atoms with van der Waals surface area (Å²) in [5, 5.41) is 9.01. The van der Waals surface area contributed by atoms with Crippen LogP contribution in [0.1, 0.15) is 0 Å². The van der Waals surface area contributed by atoms with Gasteiger partial charge in [0.2, 0.25) is 0 Å². The molecule has 0 aromatic heterocycles. The molecular formula is C12H15N3O3. The lowest BCUT2D eigenvalue weighted by atomic mass is 10.1. The molecule has 0 bridgehead atoms. The Morgan fingerprint density at radius 3 is 3.06 bits per heavy atom. The first-order chi connectivity index (χ1) is 8.65. The van der Waals surface area contributed by atoms with Crippen molar-refractivity contribution in [3.63, 3.8) is 0 Å². The molecule has 0 aliphatic carbocycles. The lowest BCUT2D eigenvalue weighted by molar-refractivity contribution is 0.123. The van der Waals surface area contributed by atoms with E-state index in [1.54, 1.807) is 0 Å². The van der Waals surface area contributed by atoms with Crippen LogP contribution in [-0.4, -0.2) is 48.4 Å². The summed E-state index contributed by atoms with van der Waals surface area (Å²) in [5.41, 5.74) is 7.41. The molecule has 6 nitrogen and oxygen atoms in total. The zero-order chi connectivity index (χ0) is 12.7. The number of carboxylic acid groups (broad SMARTS) is 1. The Balaban J connectivity index is 1.86. The summed E-state index contributed by atoms with van der Waals surface area (Å²) < 4.78 is 5.66. The van der Waals surface area contributed by atoms with E-state index in [1.165, 1.54) is 4.90 Å². The third kappa shape index (κ3) is 1.70. The van der Waals surface area contributed by atoms with E-state index in [9.17, 15) is 4.79 Å². The molecule has 1 unspecified atom stereocenters. The Bertz CT molecular complexity index is 491. The van der Waals surface area contributed by atoms with E-state index >= 15 is 0 Å². The second-order valence-electron chi connectivity index (χ2n) is 4.61. The normalized spacial score (nSPS) is 21.9. The van der Waals surface area contributed by atoms with Gasteiger partial charge in [-0.1, -0.05) is 0 Å². The molecule has 1 fully saturated rings. The van der Waals surface area contributed by atoms with Crippen molar-refractivity contribution in [2.24, 2.45) is 0 Å². The molecule has 6 heteroatoms. The van der Waals surface area contributed by atoms with Gasteiger partial charge in [0.05, 0.1) is 11.7 Å². The van der Waals surface area contributed by atoms with Crippen molar-refractivity contribution < 1.29 is 14.6 Å². The standard InChI is InChI=1S/C12H15N3O3/c13-8-1-2-10-11(5-8)18-7-9-6-14(12(16)17)3-4-15(9)10/h1-2,5,9H,3-4,6-7,13H2,(H,16,17). The molecule has 0 saturated carbocycles. The summed E-state index contributed by atoms with van der Waals surface area (Å²) in [4.78, 5) is 14.6.